The standard InChI is InChI=1S/C18H24N4/c1-18(2,3)14-6-4-13(5-7-14)10-22-9-8-15-16(11-22)20-12-21-17(15)19/h4-7,12H,8-11H2,1-3H3,(H2,19,20,21). The van der Waals surface area contributed by atoms with Crippen molar-refractivity contribution in [1.29, 1.82) is 0 Å². The fraction of sp³-hybridized carbons (Fsp3) is 0.444. The van der Waals surface area contributed by atoms with E-state index in [-0.39, 0.29) is 5.41 Å². The third kappa shape index (κ3) is 3.12. The third-order valence-corrected chi connectivity index (χ3v) is 4.35. The molecule has 1 aliphatic heterocycles. The van der Waals surface area contributed by atoms with Gasteiger partial charge in [0.2, 0.25) is 0 Å². The number of rotatable bonds is 2. The van der Waals surface area contributed by atoms with Gasteiger partial charge < -0.3 is 5.73 Å². The quantitative estimate of drug-likeness (QED) is 0.926. The first-order chi connectivity index (χ1) is 10.4. The maximum atomic E-state index is 5.93. The Labute approximate surface area is 132 Å². The molecule has 2 aromatic rings. The van der Waals surface area contributed by atoms with E-state index in [1.165, 1.54) is 11.1 Å². The van der Waals surface area contributed by atoms with Gasteiger partial charge in [-0.1, -0.05) is 45.0 Å². The first-order valence-corrected chi connectivity index (χ1v) is 7.83. The van der Waals surface area contributed by atoms with Crippen molar-refractivity contribution < 1.29 is 0 Å². The summed E-state index contributed by atoms with van der Waals surface area (Å²) < 4.78 is 0. The van der Waals surface area contributed by atoms with Gasteiger partial charge in [0.05, 0.1) is 5.69 Å². The van der Waals surface area contributed by atoms with E-state index in [0.717, 1.165) is 37.3 Å². The van der Waals surface area contributed by atoms with Crippen LogP contribution in [0.4, 0.5) is 5.82 Å². The van der Waals surface area contributed by atoms with E-state index in [1.807, 2.05) is 0 Å². The molecular weight excluding hydrogens is 272 g/mol. The average Bonchev–Trinajstić information content (AvgIpc) is 2.47. The minimum Gasteiger partial charge on any atom is -0.383 e. The number of nitrogens with two attached hydrogens (primary N) is 1. The van der Waals surface area contributed by atoms with Crippen molar-refractivity contribution in [3.8, 4) is 0 Å². The molecule has 0 amide bonds. The molecule has 0 radical (unpaired) electrons. The van der Waals surface area contributed by atoms with Crippen LogP contribution in [0.15, 0.2) is 30.6 Å². The van der Waals surface area contributed by atoms with Crippen LogP contribution < -0.4 is 5.73 Å². The fourth-order valence-electron chi connectivity index (χ4n) is 2.94. The van der Waals surface area contributed by atoms with Crippen molar-refractivity contribution in [1.82, 2.24) is 14.9 Å². The zero-order valence-corrected chi connectivity index (χ0v) is 13.6. The lowest BCUT2D eigenvalue weighted by Crippen LogP contribution is -2.31. The number of benzene rings is 1. The largest absolute Gasteiger partial charge is 0.383 e. The van der Waals surface area contributed by atoms with Gasteiger partial charge in [0.1, 0.15) is 12.1 Å². The normalized spacial score (nSPS) is 15.6. The highest BCUT2D eigenvalue weighted by Crippen LogP contribution is 2.24. The first-order valence-electron chi connectivity index (χ1n) is 7.83. The summed E-state index contributed by atoms with van der Waals surface area (Å²) in [6, 6.07) is 8.97. The molecule has 0 saturated carbocycles. The number of nitrogens with zero attached hydrogens (tertiary/aromatic N) is 3. The Morgan fingerprint density at radius 2 is 1.86 bits per heavy atom. The zero-order valence-electron chi connectivity index (χ0n) is 13.6. The molecule has 0 unspecified atom stereocenters. The van der Waals surface area contributed by atoms with Crippen LogP contribution in [0.5, 0.6) is 0 Å². The summed E-state index contributed by atoms with van der Waals surface area (Å²) in [7, 11) is 0. The molecule has 0 fully saturated rings. The predicted molar refractivity (Wildman–Crippen MR) is 89.4 cm³/mol. The van der Waals surface area contributed by atoms with Crippen molar-refractivity contribution in [3.05, 3.63) is 53.0 Å². The Balaban J connectivity index is 1.70. The Kier molecular flexibility index (Phi) is 3.87. The van der Waals surface area contributed by atoms with Crippen LogP contribution in [-0.2, 0) is 24.9 Å². The lowest BCUT2D eigenvalue weighted by Gasteiger charge is -2.28. The number of anilines is 1. The van der Waals surface area contributed by atoms with Crippen LogP contribution in [0.2, 0.25) is 0 Å². The average molecular weight is 296 g/mol. The lowest BCUT2D eigenvalue weighted by atomic mass is 9.86. The summed E-state index contributed by atoms with van der Waals surface area (Å²) in [5.41, 5.74) is 11.1. The van der Waals surface area contributed by atoms with Crippen LogP contribution in [0.1, 0.15) is 43.2 Å². The van der Waals surface area contributed by atoms with Gasteiger partial charge in [-0.05, 0) is 23.0 Å². The summed E-state index contributed by atoms with van der Waals surface area (Å²) in [5.74, 6) is 0.638. The van der Waals surface area contributed by atoms with Gasteiger partial charge in [0, 0.05) is 25.2 Å². The molecule has 2 heterocycles. The third-order valence-electron chi connectivity index (χ3n) is 4.35. The number of hydrogen-bond donors (Lipinski definition) is 1. The fourth-order valence-corrected chi connectivity index (χ4v) is 2.94. The molecule has 0 saturated heterocycles. The second-order valence-corrected chi connectivity index (χ2v) is 7.09. The number of hydrogen-bond acceptors (Lipinski definition) is 4. The zero-order chi connectivity index (χ0) is 15.7. The molecule has 116 valence electrons. The van der Waals surface area contributed by atoms with E-state index < -0.39 is 0 Å². The summed E-state index contributed by atoms with van der Waals surface area (Å²) in [5, 5.41) is 0. The predicted octanol–water partition coefficient (Wildman–Crippen LogP) is 2.91. The monoisotopic (exact) mass is 296 g/mol. The molecule has 3 rings (SSSR count). The van der Waals surface area contributed by atoms with Gasteiger partial charge in [-0.25, -0.2) is 9.97 Å². The number of nitrogen functional groups attached to an aromatic ring is 1. The molecule has 1 aromatic heterocycles. The summed E-state index contributed by atoms with van der Waals surface area (Å²) >= 11 is 0. The van der Waals surface area contributed by atoms with E-state index in [4.69, 9.17) is 5.73 Å². The van der Waals surface area contributed by atoms with Gasteiger partial charge in [-0.3, -0.25) is 4.90 Å². The van der Waals surface area contributed by atoms with Crippen LogP contribution in [0, 0.1) is 0 Å². The highest BCUT2D eigenvalue weighted by atomic mass is 15.1. The molecule has 0 bridgehead atoms. The molecule has 4 heteroatoms. The van der Waals surface area contributed by atoms with Crippen LogP contribution >= 0.6 is 0 Å². The maximum absolute atomic E-state index is 5.93. The van der Waals surface area contributed by atoms with Gasteiger partial charge >= 0.3 is 0 Å². The van der Waals surface area contributed by atoms with Crippen LogP contribution in [0.3, 0.4) is 0 Å². The Morgan fingerprint density at radius 3 is 2.55 bits per heavy atom. The smallest absolute Gasteiger partial charge is 0.130 e. The van der Waals surface area contributed by atoms with E-state index >= 15 is 0 Å². The highest BCUT2D eigenvalue weighted by Gasteiger charge is 2.20. The molecule has 0 aliphatic carbocycles. The van der Waals surface area contributed by atoms with Gasteiger partial charge in [-0.2, -0.15) is 0 Å². The van der Waals surface area contributed by atoms with Gasteiger partial charge in [0.15, 0.2) is 0 Å². The molecule has 2 N–H and O–H groups in total. The minimum atomic E-state index is 0.205. The number of fused-ring (bicyclic) bond motifs is 1. The SMILES string of the molecule is CC(C)(C)c1ccc(CN2CCc3c(N)ncnc3C2)cc1. The molecule has 4 nitrogen and oxygen atoms in total. The van der Waals surface area contributed by atoms with Crippen molar-refractivity contribution in [2.45, 2.75) is 45.7 Å². The molecule has 0 spiro atoms. The van der Waals surface area contributed by atoms with Crippen LogP contribution in [-0.4, -0.2) is 21.4 Å². The number of aromatic nitrogens is 2. The summed E-state index contributed by atoms with van der Waals surface area (Å²) in [4.78, 5) is 10.9. The van der Waals surface area contributed by atoms with E-state index in [0.29, 0.717) is 5.82 Å². The van der Waals surface area contributed by atoms with E-state index in [2.05, 4.69) is 59.9 Å². The highest BCUT2D eigenvalue weighted by molar-refractivity contribution is 5.42. The minimum absolute atomic E-state index is 0.205. The molecule has 0 atom stereocenters. The summed E-state index contributed by atoms with van der Waals surface area (Å²) in [6.07, 6.45) is 2.50. The Hall–Kier alpha value is -1.94. The van der Waals surface area contributed by atoms with Crippen molar-refractivity contribution in [3.63, 3.8) is 0 Å². The second-order valence-electron chi connectivity index (χ2n) is 7.09. The summed E-state index contributed by atoms with van der Waals surface area (Å²) in [6.45, 7) is 9.54. The van der Waals surface area contributed by atoms with E-state index in [9.17, 15) is 0 Å². The van der Waals surface area contributed by atoms with Crippen molar-refractivity contribution >= 4 is 5.82 Å². The van der Waals surface area contributed by atoms with Crippen molar-refractivity contribution in [2.75, 3.05) is 12.3 Å². The molecule has 22 heavy (non-hydrogen) atoms. The van der Waals surface area contributed by atoms with Crippen LogP contribution in [0.25, 0.3) is 0 Å². The van der Waals surface area contributed by atoms with Gasteiger partial charge in [-0.15, -0.1) is 0 Å². The molecule has 1 aliphatic rings. The Bertz CT molecular complexity index is 656. The Morgan fingerprint density at radius 1 is 1.14 bits per heavy atom. The maximum Gasteiger partial charge on any atom is 0.130 e. The van der Waals surface area contributed by atoms with E-state index in [1.54, 1.807) is 6.33 Å². The second kappa shape index (κ2) is 5.69. The molecule has 1 aromatic carbocycles. The lowest BCUT2D eigenvalue weighted by molar-refractivity contribution is 0.241. The van der Waals surface area contributed by atoms with Gasteiger partial charge in [0.25, 0.3) is 0 Å². The first kappa shape index (κ1) is 15.0. The topological polar surface area (TPSA) is 55.0 Å². The molecular formula is C18H24N4. The van der Waals surface area contributed by atoms with Crippen molar-refractivity contribution in [2.24, 2.45) is 0 Å².